The quantitative estimate of drug-likeness (QED) is 0.890. The van der Waals surface area contributed by atoms with Crippen molar-refractivity contribution in [1.82, 2.24) is 9.97 Å². The smallest absolute Gasteiger partial charge is 0.148 e. The van der Waals surface area contributed by atoms with Crippen LogP contribution in [0, 0.1) is 11.3 Å². The molecule has 0 saturated heterocycles. The Morgan fingerprint density at radius 3 is 2.55 bits per heavy atom. The maximum absolute atomic E-state index is 6.35. The maximum Gasteiger partial charge on any atom is 0.148 e. The molecular formula is C16H24ClN3. The van der Waals surface area contributed by atoms with E-state index < -0.39 is 0 Å². The molecule has 0 aromatic carbocycles. The first kappa shape index (κ1) is 14.1. The number of nitrogens with one attached hydrogen (secondary N) is 1. The molecule has 1 N–H and O–H groups in total. The SMILES string of the molecule is CCc1ncnc(N[C@H]2CC[C@@H](C3(C)CC3)CC2)c1Cl. The number of aromatic nitrogens is 2. The highest BCUT2D eigenvalue weighted by Gasteiger charge is 2.45. The fourth-order valence-corrected chi connectivity index (χ4v) is 3.77. The number of aryl methyl sites for hydroxylation is 1. The second-order valence-corrected chi connectivity index (χ2v) is 7.06. The lowest BCUT2D eigenvalue weighted by molar-refractivity contribution is 0.235. The molecule has 0 atom stereocenters. The van der Waals surface area contributed by atoms with Crippen molar-refractivity contribution in [2.75, 3.05) is 5.32 Å². The molecule has 3 rings (SSSR count). The highest BCUT2D eigenvalue weighted by atomic mass is 35.5. The van der Waals surface area contributed by atoms with Crippen LogP contribution in [0.4, 0.5) is 5.82 Å². The Kier molecular flexibility index (Phi) is 3.89. The van der Waals surface area contributed by atoms with Crippen LogP contribution in [0.15, 0.2) is 6.33 Å². The van der Waals surface area contributed by atoms with Crippen LogP contribution in [-0.2, 0) is 6.42 Å². The van der Waals surface area contributed by atoms with E-state index in [9.17, 15) is 0 Å². The van der Waals surface area contributed by atoms with Gasteiger partial charge in [-0.3, -0.25) is 0 Å². The van der Waals surface area contributed by atoms with E-state index in [-0.39, 0.29) is 0 Å². The molecule has 2 saturated carbocycles. The minimum absolute atomic E-state index is 0.519. The van der Waals surface area contributed by atoms with E-state index in [1.165, 1.54) is 38.5 Å². The Hall–Kier alpha value is -0.830. The van der Waals surface area contributed by atoms with E-state index in [4.69, 9.17) is 11.6 Å². The van der Waals surface area contributed by atoms with Crippen LogP contribution in [0.3, 0.4) is 0 Å². The molecule has 0 unspecified atom stereocenters. The summed E-state index contributed by atoms with van der Waals surface area (Å²) in [4.78, 5) is 8.53. The fraction of sp³-hybridized carbons (Fsp3) is 0.750. The highest BCUT2D eigenvalue weighted by molar-refractivity contribution is 6.33. The van der Waals surface area contributed by atoms with Gasteiger partial charge < -0.3 is 5.32 Å². The summed E-state index contributed by atoms with van der Waals surface area (Å²) in [6.07, 6.45) is 10.5. The molecule has 110 valence electrons. The number of halogens is 1. The van der Waals surface area contributed by atoms with Gasteiger partial charge in [-0.25, -0.2) is 9.97 Å². The Bertz CT molecular complexity index is 477. The Balaban J connectivity index is 1.59. The van der Waals surface area contributed by atoms with Crippen LogP contribution in [0.25, 0.3) is 0 Å². The first-order chi connectivity index (χ1) is 9.62. The molecule has 4 heteroatoms. The summed E-state index contributed by atoms with van der Waals surface area (Å²) in [5, 5.41) is 4.23. The van der Waals surface area contributed by atoms with Crippen molar-refractivity contribution < 1.29 is 0 Å². The lowest BCUT2D eigenvalue weighted by atomic mass is 9.77. The summed E-state index contributed by atoms with van der Waals surface area (Å²) in [7, 11) is 0. The summed E-state index contributed by atoms with van der Waals surface area (Å²) in [5.41, 5.74) is 1.61. The molecule has 3 nitrogen and oxygen atoms in total. The molecule has 1 aromatic heterocycles. The molecule has 2 aliphatic rings. The van der Waals surface area contributed by atoms with Gasteiger partial charge in [0.25, 0.3) is 0 Å². The molecule has 2 fully saturated rings. The Morgan fingerprint density at radius 2 is 1.95 bits per heavy atom. The molecular weight excluding hydrogens is 270 g/mol. The van der Waals surface area contributed by atoms with Gasteiger partial charge in [0.05, 0.1) is 5.69 Å². The van der Waals surface area contributed by atoms with E-state index in [0.29, 0.717) is 16.5 Å². The summed E-state index contributed by atoms with van der Waals surface area (Å²) in [6, 6.07) is 0.519. The van der Waals surface area contributed by atoms with Crippen molar-refractivity contribution in [3.05, 3.63) is 17.0 Å². The van der Waals surface area contributed by atoms with Crippen molar-refractivity contribution in [1.29, 1.82) is 0 Å². The molecule has 1 heterocycles. The van der Waals surface area contributed by atoms with Crippen molar-refractivity contribution in [3.63, 3.8) is 0 Å². The van der Waals surface area contributed by atoms with Gasteiger partial charge in [-0.05, 0) is 56.3 Å². The van der Waals surface area contributed by atoms with Gasteiger partial charge in [-0.15, -0.1) is 0 Å². The third-order valence-electron chi connectivity index (χ3n) is 5.29. The molecule has 0 aliphatic heterocycles. The topological polar surface area (TPSA) is 37.8 Å². The van der Waals surface area contributed by atoms with Gasteiger partial charge in [0.15, 0.2) is 0 Å². The summed E-state index contributed by atoms with van der Waals surface area (Å²) >= 11 is 6.35. The van der Waals surface area contributed by atoms with Crippen molar-refractivity contribution in [3.8, 4) is 0 Å². The number of hydrogen-bond donors (Lipinski definition) is 1. The zero-order valence-electron chi connectivity index (χ0n) is 12.5. The molecule has 0 bridgehead atoms. The van der Waals surface area contributed by atoms with E-state index in [1.807, 2.05) is 0 Å². The highest BCUT2D eigenvalue weighted by Crippen LogP contribution is 2.55. The molecule has 20 heavy (non-hydrogen) atoms. The predicted octanol–water partition coefficient (Wildman–Crippen LogP) is 4.46. The minimum atomic E-state index is 0.519. The van der Waals surface area contributed by atoms with Crippen LogP contribution in [0.1, 0.15) is 58.1 Å². The van der Waals surface area contributed by atoms with Gasteiger partial charge >= 0.3 is 0 Å². The van der Waals surface area contributed by atoms with Gasteiger partial charge in [-0.2, -0.15) is 0 Å². The maximum atomic E-state index is 6.35. The minimum Gasteiger partial charge on any atom is -0.366 e. The van der Waals surface area contributed by atoms with Crippen LogP contribution in [0.5, 0.6) is 0 Å². The van der Waals surface area contributed by atoms with E-state index in [0.717, 1.165) is 23.9 Å². The number of anilines is 1. The summed E-state index contributed by atoms with van der Waals surface area (Å²) in [6.45, 7) is 4.53. The average Bonchev–Trinajstić information content (AvgIpc) is 3.21. The molecule has 1 aromatic rings. The summed E-state index contributed by atoms with van der Waals surface area (Å²) in [5.74, 6) is 1.76. The van der Waals surface area contributed by atoms with E-state index >= 15 is 0 Å². The monoisotopic (exact) mass is 293 g/mol. The first-order valence-electron chi connectivity index (χ1n) is 7.88. The van der Waals surface area contributed by atoms with Gasteiger partial charge in [0.2, 0.25) is 0 Å². The zero-order chi connectivity index (χ0) is 14.2. The second-order valence-electron chi connectivity index (χ2n) is 6.68. The summed E-state index contributed by atoms with van der Waals surface area (Å²) < 4.78 is 0. The largest absolute Gasteiger partial charge is 0.366 e. The number of rotatable bonds is 4. The predicted molar refractivity (Wildman–Crippen MR) is 83.1 cm³/mol. The first-order valence-corrected chi connectivity index (χ1v) is 8.26. The normalized spacial score (nSPS) is 28.1. The van der Waals surface area contributed by atoms with Crippen molar-refractivity contribution >= 4 is 17.4 Å². The standard InChI is InChI=1S/C16H24ClN3/c1-3-13-14(17)15(19-10-18-13)20-12-6-4-11(5-7-12)16(2)8-9-16/h10-12H,3-9H2,1-2H3,(H,18,19,20)/t11-,12+. The lowest BCUT2D eigenvalue weighted by Gasteiger charge is -2.33. The third-order valence-corrected chi connectivity index (χ3v) is 5.69. The van der Waals surface area contributed by atoms with Gasteiger partial charge in [0, 0.05) is 6.04 Å². The molecule has 0 amide bonds. The Labute approximate surface area is 126 Å². The lowest BCUT2D eigenvalue weighted by Crippen LogP contribution is -2.29. The second kappa shape index (κ2) is 5.51. The number of hydrogen-bond acceptors (Lipinski definition) is 3. The van der Waals surface area contributed by atoms with E-state index in [1.54, 1.807) is 6.33 Å². The number of nitrogens with zero attached hydrogens (tertiary/aromatic N) is 2. The van der Waals surface area contributed by atoms with Crippen LogP contribution < -0.4 is 5.32 Å². The van der Waals surface area contributed by atoms with Crippen LogP contribution >= 0.6 is 11.6 Å². The third kappa shape index (κ3) is 2.78. The zero-order valence-corrected chi connectivity index (χ0v) is 13.2. The van der Waals surface area contributed by atoms with Gasteiger partial charge in [0.1, 0.15) is 17.2 Å². The molecule has 0 spiro atoms. The van der Waals surface area contributed by atoms with Gasteiger partial charge in [-0.1, -0.05) is 25.4 Å². The average molecular weight is 294 g/mol. The van der Waals surface area contributed by atoms with E-state index in [2.05, 4.69) is 29.1 Å². The van der Waals surface area contributed by atoms with Crippen molar-refractivity contribution in [2.24, 2.45) is 11.3 Å². The van der Waals surface area contributed by atoms with Crippen LogP contribution in [0.2, 0.25) is 5.02 Å². The molecule has 0 radical (unpaired) electrons. The fourth-order valence-electron chi connectivity index (χ4n) is 3.49. The van der Waals surface area contributed by atoms with Crippen LogP contribution in [-0.4, -0.2) is 16.0 Å². The van der Waals surface area contributed by atoms with Crippen molar-refractivity contribution in [2.45, 2.75) is 64.8 Å². The molecule has 2 aliphatic carbocycles. The Morgan fingerprint density at radius 1 is 1.25 bits per heavy atom.